The van der Waals surface area contributed by atoms with Crippen LogP contribution in [0.15, 0.2) is 0 Å². The van der Waals surface area contributed by atoms with Crippen molar-refractivity contribution >= 4 is 11.8 Å². The topological polar surface area (TPSA) is 67.9 Å². The third-order valence-corrected chi connectivity index (χ3v) is 4.35. The Morgan fingerprint density at radius 1 is 1.00 bits per heavy atom. The van der Waals surface area contributed by atoms with E-state index in [0.29, 0.717) is 32.3 Å². The van der Waals surface area contributed by atoms with Crippen molar-refractivity contribution in [3.8, 4) is 0 Å². The van der Waals surface area contributed by atoms with Crippen molar-refractivity contribution in [1.82, 2.24) is 10.2 Å². The average molecular weight is 296 g/mol. The monoisotopic (exact) mass is 296 g/mol. The summed E-state index contributed by atoms with van der Waals surface area (Å²) in [5.41, 5.74) is 0. The Balaban J connectivity index is 1.44. The fraction of sp³-hybridized carbons (Fsp3) is 0.867. The van der Waals surface area contributed by atoms with Gasteiger partial charge in [-0.3, -0.25) is 9.59 Å². The van der Waals surface area contributed by atoms with Crippen LogP contribution in [0.25, 0.3) is 0 Å². The first-order valence-corrected chi connectivity index (χ1v) is 8.07. The molecule has 3 fully saturated rings. The first-order chi connectivity index (χ1) is 10.3. The van der Waals surface area contributed by atoms with E-state index in [1.165, 1.54) is 0 Å². The molecule has 2 amide bonds. The van der Waals surface area contributed by atoms with E-state index in [9.17, 15) is 9.59 Å². The highest BCUT2D eigenvalue weighted by molar-refractivity contribution is 5.82. The average Bonchev–Trinajstić information content (AvgIpc) is 3.00. The predicted octanol–water partition coefficient (Wildman–Crippen LogP) is 0.452. The molecule has 3 aliphatic rings. The Bertz CT molecular complexity index is 385. The molecule has 21 heavy (non-hydrogen) atoms. The van der Waals surface area contributed by atoms with Crippen molar-refractivity contribution in [1.29, 1.82) is 0 Å². The summed E-state index contributed by atoms with van der Waals surface area (Å²) in [4.78, 5) is 26.2. The summed E-state index contributed by atoms with van der Waals surface area (Å²) >= 11 is 0. The minimum atomic E-state index is -0.298. The summed E-state index contributed by atoms with van der Waals surface area (Å²) in [6, 6.07) is 0.348. The fourth-order valence-corrected chi connectivity index (χ4v) is 3.01. The lowest BCUT2D eigenvalue weighted by atomic mass is 10.2. The fourth-order valence-electron chi connectivity index (χ4n) is 3.01. The molecule has 0 aromatic heterocycles. The van der Waals surface area contributed by atoms with Crippen LogP contribution in [0.4, 0.5) is 0 Å². The van der Waals surface area contributed by atoms with Crippen LogP contribution < -0.4 is 5.32 Å². The van der Waals surface area contributed by atoms with Gasteiger partial charge in [-0.25, -0.2) is 0 Å². The number of carbonyl (C=O) groups excluding carboxylic acids is 2. The third kappa shape index (κ3) is 3.74. The molecule has 1 saturated carbocycles. The van der Waals surface area contributed by atoms with Gasteiger partial charge in [-0.2, -0.15) is 0 Å². The zero-order valence-electron chi connectivity index (χ0n) is 12.4. The lowest BCUT2D eigenvalue weighted by molar-refractivity contribution is -0.142. The SMILES string of the molecule is O=C(NCCN(C(=O)[C@@H]1CCCO1)C1CC1)[C@@H]1CCCO1. The van der Waals surface area contributed by atoms with E-state index in [4.69, 9.17) is 9.47 Å². The Morgan fingerprint density at radius 2 is 1.67 bits per heavy atom. The van der Waals surface area contributed by atoms with Gasteiger partial charge in [0.2, 0.25) is 5.91 Å². The molecule has 0 bridgehead atoms. The van der Waals surface area contributed by atoms with E-state index in [-0.39, 0.29) is 24.0 Å². The highest BCUT2D eigenvalue weighted by atomic mass is 16.5. The van der Waals surface area contributed by atoms with Gasteiger partial charge in [-0.15, -0.1) is 0 Å². The molecule has 3 rings (SSSR count). The van der Waals surface area contributed by atoms with E-state index in [1.807, 2.05) is 4.90 Å². The molecule has 0 radical (unpaired) electrons. The van der Waals surface area contributed by atoms with Crippen LogP contribution in [0.3, 0.4) is 0 Å². The third-order valence-electron chi connectivity index (χ3n) is 4.35. The van der Waals surface area contributed by atoms with Crippen LogP contribution in [-0.4, -0.2) is 61.3 Å². The normalized spacial score (nSPS) is 28.6. The van der Waals surface area contributed by atoms with Crippen molar-refractivity contribution < 1.29 is 19.1 Å². The first-order valence-electron chi connectivity index (χ1n) is 8.07. The molecular weight excluding hydrogens is 272 g/mol. The maximum Gasteiger partial charge on any atom is 0.252 e. The van der Waals surface area contributed by atoms with Crippen LogP contribution in [0.2, 0.25) is 0 Å². The van der Waals surface area contributed by atoms with E-state index >= 15 is 0 Å². The molecule has 2 saturated heterocycles. The van der Waals surface area contributed by atoms with Gasteiger partial charge in [0, 0.05) is 32.3 Å². The highest BCUT2D eigenvalue weighted by Gasteiger charge is 2.37. The maximum absolute atomic E-state index is 12.4. The Kier molecular flexibility index (Phi) is 4.75. The molecule has 0 aromatic carbocycles. The van der Waals surface area contributed by atoms with Gasteiger partial charge in [0.05, 0.1) is 0 Å². The van der Waals surface area contributed by atoms with Gasteiger partial charge in [0.15, 0.2) is 0 Å². The number of hydrogen-bond donors (Lipinski definition) is 1. The number of nitrogens with zero attached hydrogens (tertiary/aromatic N) is 1. The molecule has 1 N–H and O–H groups in total. The van der Waals surface area contributed by atoms with Crippen molar-refractivity contribution in [3.05, 3.63) is 0 Å². The zero-order chi connectivity index (χ0) is 14.7. The highest BCUT2D eigenvalue weighted by Crippen LogP contribution is 2.28. The molecule has 0 unspecified atom stereocenters. The summed E-state index contributed by atoms with van der Waals surface area (Å²) in [6.07, 6.45) is 5.11. The van der Waals surface area contributed by atoms with Gasteiger partial charge < -0.3 is 19.7 Å². The summed E-state index contributed by atoms with van der Waals surface area (Å²) < 4.78 is 10.8. The van der Waals surface area contributed by atoms with E-state index in [2.05, 4.69) is 5.32 Å². The number of amides is 2. The van der Waals surface area contributed by atoms with Crippen molar-refractivity contribution in [2.75, 3.05) is 26.3 Å². The predicted molar refractivity (Wildman–Crippen MR) is 75.7 cm³/mol. The number of rotatable bonds is 6. The molecular formula is C15H24N2O4. The van der Waals surface area contributed by atoms with Crippen LogP contribution in [-0.2, 0) is 19.1 Å². The molecule has 6 nitrogen and oxygen atoms in total. The molecule has 2 aliphatic heterocycles. The van der Waals surface area contributed by atoms with E-state index in [0.717, 1.165) is 38.5 Å². The second-order valence-electron chi connectivity index (χ2n) is 6.06. The number of hydrogen-bond acceptors (Lipinski definition) is 4. The second-order valence-corrected chi connectivity index (χ2v) is 6.06. The minimum Gasteiger partial charge on any atom is -0.368 e. The number of carbonyl (C=O) groups is 2. The Labute approximate surface area is 125 Å². The molecule has 6 heteroatoms. The summed E-state index contributed by atoms with van der Waals surface area (Å²) in [7, 11) is 0. The molecule has 1 aliphatic carbocycles. The summed E-state index contributed by atoms with van der Waals surface area (Å²) in [5, 5.41) is 2.88. The summed E-state index contributed by atoms with van der Waals surface area (Å²) in [5.74, 6) is 0.0502. The molecule has 2 heterocycles. The van der Waals surface area contributed by atoms with Gasteiger partial charge in [-0.05, 0) is 38.5 Å². The maximum atomic E-state index is 12.4. The van der Waals surface area contributed by atoms with Gasteiger partial charge in [-0.1, -0.05) is 0 Å². The Morgan fingerprint density at radius 3 is 2.24 bits per heavy atom. The van der Waals surface area contributed by atoms with Gasteiger partial charge in [0.25, 0.3) is 5.91 Å². The standard InChI is InChI=1S/C15H24N2O4/c18-14(12-3-1-9-20-12)16-7-8-17(11-5-6-11)15(19)13-4-2-10-21-13/h11-13H,1-10H2,(H,16,18)/t12-,13-/m0/s1. The first kappa shape index (κ1) is 14.8. The largest absolute Gasteiger partial charge is 0.368 e. The molecule has 0 spiro atoms. The van der Waals surface area contributed by atoms with E-state index < -0.39 is 0 Å². The van der Waals surface area contributed by atoms with Crippen molar-refractivity contribution in [2.24, 2.45) is 0 Å². The van der Waals surface area contributed by atoms with Crippen LogP contribution in [0, 0.1) is 0 Å². The number of nitrogens with one attached hydrogen (secondary N) is 1. The smallest absolute Gasteiger partial charge is 0.252 e. The van der Waals surface area contributed by atoms with Crippen LogP contribution in [0.1, 0.15) is 38.5 Å². The lowest BCUT2D eigenvalue weighted by Crippen LogP contribution is -2.45. The molecule has 0 aromatic rings. The second kappa shape index (κ2) is 6.75. The minimum absolute atomic E-state index is 0.0483. The zero-order valence-corrected chi connectivity index (χ0v) is 12.4. The quantitative estimate of drug-likeness (QED) is 0.773. The Hall–Kier alpha value is -1.14. The van der Waals surface area contributed by atoms with Crippen LogP contribution in [0.5, 0.6) is 0 Å². The van der Waals surface area contributed by atoms with Crippen LogP contribution >= 0.6 is 0 Å². The van der Waals surface area contributed by atoms with Crippen molar-refractivity contribution in [2.45, 2.75) is 56.8 Å². The molecule has 2 atom stereocenters. The lowest BCUT2D eigenvalue weighted by Gasteiger charge is -2.25. The molecule has 118 valence electrons. The van der Waals surface area contributed by atoms with E-state index in [1.54, 1.807) is 0 Å². The van der Waals surface area contributed by atoms with Gasteiger partial charge >= 0.3 is 0 Å². The van der Waals surface area contributed by atoms with Gasteiger partial charge in [0.1, 0.15) is 12.2 Å². The number of ether oxygens (including phenoxy) is 2. The summed E-state index contributed by atoms with van der Waals surface area (Å²) in [6.45, 7) is 2.42. The van der Waals surface area contributed by atoms with Crippen molar-refractivity contribution in [3.63, 3.8) is 0 Å².